The lowest BCUT2D eigenvalue weighted by atomic mass is 10.1. The molecule has 0 aliphatic rings. The van der Waals surface area contributed by atoms with Crippen LogP contribution in [-0.2, 0) is 22.4 Å². The largest absolute Gasteiger partial charge is 0.361 e. The second kappa shape index (κ2) is 11.8. The van der Waals surface area contributed by atoms with E-state index in [9.17, 15) is 9.59 Å². The third kappa shape index (κ3) is 6.45. The Morgan fingerprint density at radius 1 is 0.667 bits per heavy atom. The summed E-state index contributed by atoms with van der Waals surface area (Å²) < 4.78 is 0. The van der Waals surface area contributed by atoms with Crippen molar-refractivity contribution in [1.82, 2.24) is 9.97 Å². The van der Waals surface area contributed by atoms with Crippen molar-refractivity contribution in [2.24, 2.45) is 0 Å². The lowest BCUT2D eigenvalue weighted by molar-refractivity contribution is -0.117. The molecule has 0 radical (unpaired) electrons. The van der Waals surface area contributed by atoms with Gasteiger partial charge >= 0.3 is 0 Å². The van der Waals surface area contributed by atoms with Crippen molar-refractivity contribution in [3.8, 4) is 0 Å². The molecule has 4 nitrogen and oxygen atoms in total. The van der Waals surface area contributed by atoms with Crippen LogP contribution in [0.15, 0.2) is 60.9 Å². The summed E-state index contributed by atoms with van der Waals surface area (Å²) in [5, 5.41) is 2.46. The number of fused-ring (bicyclic) bond motifs is 2. The molecular formula is C26H32N2O2. The lowest BCUT2D eigenvalue weighted by Crippen LogP contribution is -1.92. The van der Waals surface area contributed by atoms with Gasteiger partial charge in [-0.15, -0.1) is 0 Å². The molecule has 0 saturated heterocycles. The number of benzene rings is 2. The second-order valence-corrected chi connectivity index (χ2v) is 7.12. The Morgan fingerprint density at radius 3 is 1.40 bits per heavy atom. The highest BCUT2D eigenvalue weighted by Crippen LogP contribution is 2.19. The molecule has 0 saturated carbocycles. The van der Waals surface area contributed by atoms with Gasteiger partial charge in [-0.25, -0.2) is 0 Å². The van der Waals surface area contributed by atoms with Crippen LogP contribution in [0.4, 0.5) is 0 Å². The molecule has 0 unspecified atom stereocenters. The Hall–Kier alpha value is -3.14. The van der Waals surface area contributed by atoms with Crippen LogP contribution < -0.4 is 0 Å². The fourth-order valence-corrected chi connectivity index (χ4v) is 3.30. The van der Waals surface area contributed by atoms with Gasteiger partial charge in [0.2, 0.25) is 0 Å². The highest BCUT2D eigenvalue weighted by atomic mass is 16.1. The molecule has 0 aliphatic heterocycles. The number of hydrogen-bond donors (Lipinski definition) is 2. The van der Waals surface area contributed by atoms with E-state index >= 15 is 0 Å². The molecule has 2 aromatic carbocycles. The molecule has 4 rings (SSSR count). The van der Waals surface area contributed by atoms with Gasteiger partial charge in [0.15, 0.2) is 0 Å². The predicted octanol–water partition coefficient (Wildman–Crippen LogP) is 6.41. The minimum absolute atomic E-state index is 0.246. The molecule has 2 aromatic heterocycles. The van der Waals surface area contributed by atoms with Crippen molar-refractivity contribution >= 4 is 33.4 Å². The third-order valence-electron chi connectivity index (χ3n) is 4.84. The highest BCUT2D eigenvalue weighted by Gasteiger charge is 2.04. The first-order valence-corrected chi connectivity index (χ1v) is 10.6. The van der Waals surface area contributed by atoms with Gasteiger partial charge < -0.3 is 19.6 Å². The van der Waals surface area contributed by atoms with E-state index in [0.29, 0.717) is 12.8 Å². The number of carbonyl (C=O) groups excluding carboxylic acids is 2. The van der Waals surface area contributed by atoms with Crippen LogP contribution in [0, 0.1) is 0 Å². The van der Waals surface area contributed by atoms with E-state index in [2.05, 4.69) is 22.1 Å². The molecule has 0 atom stereocenters. The number of Topliss-reactive ketones (excluding diaryl/α,β-unsaturated/α-hetero) is 2. The molecule has 0 bridgehead atoms. The van der Waals surface area contributed by atoms with Crippen molar-refractivity contribution in [2.45, 2.75) is 53.4 Å². The number of rotatable bonds is 6. The predicted molar refractivity (Wildman–Crippen MR) is 126 cm³/mol. The van der Waals surface area contributed by atoms with Gasteiger partial charge in [-0.3, -0.25) is 0 Å². The van der Waals surface area contributed by atoms with Gasteiger partial charge in [0, 0.05) is 47.0 Å². The Balaban J connectivity index is 0.000000197. The van der Waals surface area contributed by atoms with Crippen molar-refractivity contribution in [2.75, 3.05) is 0 Å². The van der Waals surface area contributed by atoms with E-state index in [0.717, 1.165) is 23.9 Å². The maximum atomic E-state index is 10.9. The Bertz CT molecular complexity index is 1000. The quantitative estimate of drug-likeness (QED) is 0.390. The van der Waals surface area contributed by atoms with E-state index in [4.69, 9.17) is 0 Å². The molecule has 30 heavy (non-hydrogen) atoms. The molecule has 0 aliphatic carbocycles. The number of aryl methyl sites for hydroxylation is 2. The molecule has 0 spiro atoms. The first-order valence-electron chi connectivity index (χ1n) is 10.6. The number of H-pyrrole nitrogens is 2. The van der Waals surface area contributed by atoms with Crippen molar-refractivity contribution in [1.29, 1.82) is 0 Å². The molecule has 2 N–H and O–H groups in total. The zero-order valence-electron chi connectivity index (χ0n) is 18.4. The fraction of sp³-hybridized carbons (Fsp3) is 0.308. The first-order chi connectivity index (χ1) is 14.5. The number of hydrogen-bond acceptors (Lipinski definition) is 2. The number of para-hydroxylation sites is 2. The van der Waals surface area contributed by atoms with Crippen molar-refractivity contribution in [3.63, 3.8) is 0 Å². The Labute approximate surface area is 178 Å². The van der Waals surface area contributed by atoms with E-state index < -0.39 is 0 Å². The van der Waals surface area contributed by atoms with Gasteiger partial charge in [-0.1, -0.05) is 50.2 Å². The number of nitrogens with one attached hydrogen (secondary N) is 2. The smallest absolute Gasteiger partial charge is 0.130 e. The van der Waals surface area contributed by atoms with Gasteiger partial charge in [-0.05, 0) is 49.9 Å². The average molecular weight is 405 g/mol. The van der Waals surface area contributed by atoms with Crippen LogP contribution in [0.5, 0.6) is 0 Å². The van der Waals surface area contributed by atoms with Crippen LogP contribution in [0.1, 0.15) is 51.7 Å². The van der Waals surface area contributed by atoms with E-state index in [1.54, 1.807) is 13.8 Å². The summed E-state index contributed by atoms with van der Waals surface area (Å²) in [5.74, 6) is 0.491. The van der Waals surface area contributed by atoms with Gasteiger partial charge in [0.25, 0.3) is 0 Å². The molecular weight excluding hydrogens is 372 g/mol. The molecule has 0 fully saturated rings. The topological polar surface area (TPSA) is 65.7 Å². The van der Waals surface area contributed by atoms with E-state index in [-0.39, 0.29) is 11.6 Å². The lowest BCUT2D eigenvalue weighted by Gasteiger charge is -1.95. The fourth-order valence-electron chi connectivity index (χ4n) is 3.30. The summed E-state index contributed by atoms with van der Waals surface area (Å²) >= 11 is 0. The van der Waals surface area contributed by atoms with Crippen LogP contribution in [0.2, 0.25) is 0 Å². The highest BCUT2D eigenvalue weighted by molar-refractivity contribution is 5.85. The minimum Gasteiger partial charge on any atom is -0.361 e. The van der Waals surface area contributed by atoms with Gasteiger partial charge in [-0.2, -0.15) is 0 Å². The monoisotopic (exact) mass is 404 g/mol. The number of aromatic amines is 2. The van der Waals surface area contributed by atoms with E-state index in [1.165, 1.54) is 21.9 Å². The summed E-state index contributed by atoms with van der Waals surface area (Å²) in [7, 11) is 0. The van der Waals surface area contributed by atoms with Crippen LogP contribution in [0.3, 0.4) is 0 Å². The summed E-state index contributed by atoms with van der Waals surface area (Å²) in [5.41, 5.74) is 4.75. The van der Waals surface area contributed by atoms with Crippen LogP contribution in [-0.4, -0.2) is 21.5 Å². The van der Waals surface area contributed by atoms with Crippen molar-refractivity contribution in [3.05, 3.63) is 72.1 Å². The summed E-state index contributed by atoms with van der Waals surface area (Å²) in [6, 6.07) is 16.3. The molecule has 2 heterocycles. The SMILES string of the molecule is CC.CC(=O)CCc1c[nH]c2ccccc12.CC(=O)CCc1c[nH]c2ccccc12. The average Bonchev–Trinajstić information content (AvgIpc) is 3.37. The van der Waals surface area contributed by atoms with Crippen LogP contribution in [0.25, 0.3) is 21.8 Å². The Kier molecular flexibility index (Phi) is 9.07. The molecule has 4 aromatic rings. The summed E-state index contributed by atoms with van der Waals surface area (Å²) in [4.78, 5) is 28.1. The zero-order valence-corrected chi connectivity index (χ0v) is 18.4. The van der Waals surface area contributed by atoms with Gasteiger partial charge in [0.05, 0.1) is 0 Å². The van der Waals surface area contributed by atoms with Crippen LogP contribution >= 0.6 is 0 Å². The molecule has 4 heteroatoms. The minimum atomic E-state index is 0.246. The number of carbonyl (C=O) groups is 2. The standard InChI is InChI=1S/2C12H13NO.C2H6/c2*1-9(14)6-7-10-8-13-12-5-3-2-4-11(10)12;1-2/h2*2-5,8,13H,6-7H2,1H3;1-2H3. The third-order valence-corrected chi connectivity index (χ3v) is 4.84. The maximum Gasteiger partial charge on any atom is 0.130 e. The Morgan fingerprint density at radius 2 is 1.03 bits per heavy atom. The van der Waals surface area contributed by atoms with E-state index in [1.807, 2.05) is 62.6 Å². The molecule has 0 amide bonds. The van der Waals surface area contributed by atoms with Gasteiger partial charge in [0.1, 0.15) is 11.6 Å². The zero-order chi connectivity index (χ0) is 21.9. The first kappa shape index (κ1) is 23.1. The van der Waals surface area contributed by atoms with Crippen molar-refractivity contribution < 1.29 is 9.59 Å². The number of aromatic nitrogens is 2. The summed E-state index contributed by atoms with van der Waals surface area (Å²) in [6.45, 7) is 7.27. The second-order valence-electron chi connectivity index (χ2n) is 7.12. The number of ketones is 2. The normalized spacial score (nSPS) is 10.1. The molecule has 158 valence electrons. The maximum absolute atomic E-state index is 10.9. The summed E-state index contributed by atoms with van der Waals surface area (Å²) in [6.07, 6.45) is 6.91.